The van der Waals surface area contributed by atoms with Crippen molar-refractivity contribution in [2.75, 3.05) is 11.9 Å². The molecule has 9 heteroatoms. The average molecular weight is 405 g/mol. The molecule has 2 aliphatic rings. The van der Waals surface area contributed by atoms with Crippen LogP contribution in [0.1, 0.15) is 21.5 Å². The highest BCUT2D eigenvalue weighted by Crippen LogP contribution is 2.32. The summed E-state index contributed by atoms with van der Waals surface area (Å²) in [4.78, 5) is 39.1. The van der Waals surface area contributed by atoms with E-state index >= 15 is 0 Å². The smallest absolute Gasteiger partial charge is 0.322 e. The summed E-state index contributed by atoms with van der Waals surface area (Å²) in [6.07, 6.45) is 4.26. The minimum Gasteiger partial charge on any atom is -0.508 e. The number of urea groups is 1. The van der Waals surface area contributed by atoms with E-state index in [-0.39, 0.29) is 24.7 Å². The molecule has 2 aromatic carbocycles. The number of benzene rings is 2. The number of carbonyl (C=O) groups is 3. The Hall–Kier alpha value is -4.14. The summed E-state index contributed by atoms with van der Waals surface area (Å²) < 4.78 is 0. The van der Waals surface area contributed by atoms with E-state index < -0.39 is 17.5 Å². The number of anilines is 1. The molecule has 5 N–H and O–H groups in total. The number of phenolic OH excluding ortho intramolecular Hbond substituents is 1. The fraction of sp³-hybridized carbons (Fsp3) is 0.143. The van der Waals surface area contributed by atoms with Gasteiger partial charge in [-0.15, -0.1) is 0 Å². The maximum absolute atomic E-state index is 12.8. The Morgan fingerprint density at radius 1 is 1.17 bits per heavy atom. The number of allylic oxidation sites excluding steroid dienone is 1. The summed E-state index contributed by atoms with van der Waals surface area (Å²) >= 11 is 0. The van der Waals surface area contributed by atoms with E-state index in [2.05, 4.69) is 16.0 Å². The van der Waals surface area contributed by atoms with Crippen molar-refractivity contribution in [2.24, 2.45) is 0 Å². The molecule has 0 aliphatic carbocycles. The molecule has 1 fully saturated rings. The molecule has 0 aromatic heterocycles. The van der Waals surface area contributed by atoms with Gasteiger partial charge in [-0.1, -0.05) is 12.1 Å². The summed E-state index contributed by atoms with van der Waals surface area (Å²) in [6, 6.07) is 10.8. The van der Waals surface area contributed by atoms with Crippen LogP contribution < -0.4 is 16.0 Å². The van der Waals surface area contributed by atoms with E-state index in [1.807, 2.05) is 0 Å². The van der Waals surface area contributed by atoms with Gasteiger partial charge in [0.25, 0.3) is 11.8 Å². The molecule has 2 heterocycles. The van der Waals surface area contributed by atoms with Crippen molar-refractivity contribution in [3.05, 3.63) is 71.4 Å². The van der Waals surface area contributed by atoms with Gasteiger partial charge in [-0.3, -0.25) is 14.9 Å². The van der Waals surface area contributed by atoms with Gasteiger partial charge in [0.05, 0.1) is 6.54 Å². The second-order valence-electron chi connectivity index (χ2n) is 7.06. The van der Waals surface area contributed by atoms with E-state index in [1.165, 1.54) is 23.1 Å². The van der Waals surface area contributed by atoms with Crippen LogP contribution in [0.5, 0.6) is 5.75 Å². The third-order valence-corrected chi connectivity index (χ3v) is 5.16. The second kappa shape index (κ2) is 7.36. The number of carbonyl (C=O) groups excluding carboxylic acids is 3. The Kier molecular flexibility index (Phi) is 4.71. The SMILES string of the molecule is N=C/C=C\Nc1ccc(C2(CN3Cc4cc(O)ccc4C3=O)NC(=O)NC2=O)cc1. The Morgan fingerprint density at radius 3 is 2.60 bits per heavy atom. The highest BCUT2D eigenvalue weighted by Gasteiger charge is 2.50. The standard InChI is InChI=1S/C21H19N5O4/c22-8-1-9-23-15-4-2-14(3-5-15)21(19(29)24-20(30)25-21)12-26-11-13-10-16(27)6-7-17(13)18(26)28/h1-10,22-23,27H,11-12H2,(H2,24,25,29,30)/b9-1-,22-8?. The van der Waals surface area contributed by atoms with Crippen LogP contribution in [0, 0.1) is 5.41 Å². The minimum absolute atomic E-state index is 0.0562. The van der Waals surface area contributed by atoms with Crippen LogP contribution in [0.25, 0.3) is 0 Å². The Balaban J connectivity index is 1.64. The minimum atomic E-state index is -1.43. The van der Waals surface area contributed by atoms with Gasteiger partial charge in [0.15, 0.2) is 5.54 Å². The normalized spacial score (nSPS) is 20.3. The molecular weight excluding hydrogens is 386 g/mol. The third-order valence-electron chi connectivity index (χ3n) is 5.16. The number of hydrogen-bond acceptors (Lipinski definition) is 6. The fourth-order valence-corrected chi connectivity index (χ4v) is 3.72. The highest BCUT2D eigenvalue weighted by molar-refractivity contribution is 6.08. The first kappa shape index (κ1) is 19.2. The molecule has 0 spiro atoms. The van der Waals surface area contributed by atoms with Gasteiger partial charge < -0.3 is 26.0 Å². The summed E-state index contributed by atoms with van der Waals surface area (Å²) in [5, 5.41) is 24.6. The number of nitrogens with zero attached hydrogens (tertiary/aromatic N) is 1. The maximum atomic E-state index is 12.8. The third kappa shape index (κ3) is 3.26. The van der Waals surface area contributed by atoms with Crippen LogP contribution in [0.3, 0.4) is 0 Å². The van der Waals surface area contributed by atoms with Crippen LogP contribution in [0.15, 0.2) is 54.7 Å². The van der Waals surface area contributed by atoms with Gasteiger partial charge in [-0.25, -0.2) is 4.79 Å². The molecule has 0 saturated carbocycles. The molecule has 4 rings (SSSR count). The zero-order valence-corrected chi connectivity index (χ0v) is 15.8. The van der Waals surface area contributed by atoms with Crippen molar-refractivity contribution >= 4 is 29.7 Å². The van der Waals surface area contributed by atoms with Crippen molar-refractivity contribution in [1.29, 1.82) is 5.41 Å². The molecule has 9 nitrogen and oxygen atoms in total. The van der Waals surface area contributed by atoms with Crippen molar-refractivity contribution in [1.82, 2.24) is 15.5 Å². The molecular formula is C21H19N5O4. The number of amides is 4. The Labute approximate surface area is 171 Å². The predicted molar refractivity (Wildman–Crippen MR) is 109 cm³/mol. The van der Waals surface area contributed by atoms with Crippen molar-refractivity contribution < 1.29 is 19.5 Å². The lowest BCUT2D eigenvalue weighted by atomic mass is 9.89. The van der Waals surface area contributed by atoms with Gasteiger partial charge in [0.2, 0.25) is 0 Å². The van der Waals surface area contributed by atoms with Gasteiger partial charge >= 0.3 is 6.03 Å². The molecule has 4 amide bonds. The molecule has 152 valence electrons. The molecule has 2 aromatic rings. The lowest BCUT2D eigenvalue weighted by Crippen LogP contribution is -2.52. The topological polar surface area (TPSA) is 135 Å². The lowest BCUT2D eigenvalue weighted by Gasteiger charge is -2.31. The first-order valence-electron chi connectivity index (χ1n) is 9.20. The Morgan fingerprint density at radius 2 is 1.93 bits per heavy atom. The Bertz CT molecular complexity index is 1080. The van der Waals surface area contributed by atoms with Crippen LogP contribution in [-0.4, -0.2) is 40.6 Å². The van der Waals surface area contributed by atoms with Crippen molar-refractivity contribution in [3.63, 3.8) is 0 Å². The van der Waals surface area contributed by atoms with E-state index in [9.17, 15) is 19.5 Å². The number of rotatable bonds is 6. The number of hydrogen-bond donors (Lipinski definition) is 5. The molecule has 0 radical (unpaired) electrons. The molecule has 30 heavy (non-hydrogen) atoms. The molecule has 2 aliphatic heterocycles. The van der Waals surface area contributed by atoms with Crippen molar-refractivity contribution in [3.8, 4) is 5.75 Å². The molecule has 1 atom stereocenters. The van der Waals surface area contributed by atoms with Crippen LogP contribution in [0.2, 0.25) is 0 Å². The van der Waals surface area contributed by atoms with E-state index in [4.69, 9.17) is 5.41 Å². The number of aromatic hydroxyl groups is 1. The van der Waals surface area contributed by atoms with Crippen molar-refractivity contribution in [2.45, 2.75) is 12.1 Å². The van der Waals surface area contributed by atoms with Gasteiger partial charge in [0, 0.05) is 30.2 Å². The van der Waals surface area contributed by atoms with Gasteiger partial charge in [-0.2, -0.15) is 0 Å². The second-order valence-corrected chi connectivity index (χ2v) is 7.06. The highest BCUT2D eigenvalue weighted by atomic mass is 16.3. The van der Waals surface area contributed by atoms with E-state index in [1.54, 1.807) is 36.5 Å². The number of phenols is 1. The quantitative estimate of drug-likeness (QED) is 0.368. The number of nitrogens with one attached hydrogen (secondary N) is 4. The predicted octanol–water partition coefficient (Wildman–Crippen LogP) is 1.66. The van der Waals surface area contributed by atoms with Crippen LogP contribution in [-0.2, 0) is 16.9 Å². The van der Waals surface area contributed by atoms with Gasteiger partial charge in [0.1, 0.15) is 5.75 Å². The first-order valence-corrected chi connectivity index (χ1v) is 9.20. The summed E-state index contributed by atoms with van der Waals surface area (Å²) in [7, 11) is 0. The summed E-state index contributed by atoms with van der Waals surface area (Å²) in [5.41, 5.74) is 0.957. The average Bonchev–Trinajstić information content (AvgIpc) is 3.18. The maximum Gasteiger partial charge on any atom is 0.322 e. The summed E-state index contributed by atoms with van der Waals surface area (Å²) in [5.74, 6) is -0.748. The fourth-order valence-electron chi connectivity index (χ4n) is 3.72. The number of imide groups is 1. The van der Waals surface area contributed by atoms with E-state index in [0.717, 1.165) is 11.9 Å². The molecule has 1 saturated heterocycles. The lowest BCUT2D eigenvalue weighted by molar-refractivity contribution is -0.124. The largest absolute Gasteiger partial charge is 0.508 e. The first-order chi connectivity index (χ1) is 14.4. The monoisotopic (exact) mass is 405 g/mol. The van der Waals surface area contributed by atoms with E-state index in [0.29, 0.717) is 16.7 Å². The van der Waals surface area contributed by atoms with Crippen LogP contribution in [0.4, 0.5) is 10.5 Å². The summed E-state index contributed by atoms with van der Waals surface area (Å²) in [6.45, 7) is 0.168. The van der Waals surface area contributed by atoms with Gasteiger partial charge in [-0.05, 0) is 47.5 Å². The molecule has 1 unspecified atom stereocenters. The zero-order chi connectivity index (χ0) is 21.3. The molecule has 0 bridgehead atoms. The number of fused-ring (bicyclic) bond motifs is 1. The zero-order valence-electron chi connectivity index (χ0n) is 15.8. The van der Waals surface area contributed by atoms with Crippen LogP contribution >= 0.6 is 0 Å².